The molecule has 1 atom stereocenters. The number of likely N-dealkylation sites (tertiary alicyclic amines) is 1. The predicted octanol–water partition coefficient (Wildman–Crippen LogP) is -0.855. The van der Waals surface area contributed by atoms with Crippen LogP contribution in [0.25, 0.3) is 0 Å². The molecule has 1 aliphatic rings. The lowest BCUT2D eigenvalue weighted by atomic mass is 10.3. The smallest absolute Gasteiger partial charge is 0.226 e. The van der Waals surface area contributed by atoms with Crippen molar-refractivity contribution in [3.63, 3.8) is 0 Å². The lowest BCUT2D eigenvalue weighted by Gasteiger charge is -2.10. The van der Waals surface area contributed by atoms with E-state index >= 15 is 0 Å². The van der Waals surface area contributed by atoms with Crippen molar-refractivity contribution in [2.24, 2.45) is 0 Å². The fourth-order valence-corrected chi connectivity index (χ4v) is 1.27. The lowest BCUT2D eigenvalue weighted by molar-refractivity contribution is -0.127. The third-order valence-corrected chi connectivity index (χ3v) is 1.98. The Balaban J connectivity index is 2.30. The molecule has 4 heteroatoms. The molecule has 0 radical (unpaired) electrons. The highest BCUT2D eigenvalue weighted by molar-refractivity contribution is 5.79. The molecule has 1 fully saturated rings. The van der Waals surface area contributed by atoms with Crippen LogP contribution in [-0.2, 0) is 4.79 Å². The standard InChI is InChI=1S/C10H16N2O2/c1-11(2)5-3-4-6-12-8-9(13)7-10(12)14/h9,13H,5-8H2,1-2H3. The summed E-state index contributed by atoms with van der Waals surface area (Å²) in [5.74, 6) is 5.86. The van der Waals surface area contributed by atoms with Crippen LogP contribution in [-0.4, -0.2) is 60.6 Å². The van der Waals surface area contributed by atoms with Gasteiger partial charge in [-0.1, -0.05) is 11.8 Å². The molecule has 1 unspecified atom stereocenters. The van der Waals surface area contributed by atoms with Crippen molar-refractivity contribution in [1.82, 2.24) is 9.80 Å². The number of aliphatic hydroxyl groups is 1. The lowest BCUT2D eigenvalue weighted by Crippen LogP contribution is -2.26. The molecule has 4 nitrogen and oxygen atoms in total. The number of carbonyl (C=O) groups is 1. The summed E-state index contributed by atoms with van der Waals surface area (Å²) in [7, 11) is 3.89. The molecule has 1 heterocycles. The highest BCUT2D eigenvalue weighted by atomic mass is 16.3. The quantitative estimate of drug-likeness (QED) is 0.585. The number of carbonyl (C=O) groups excluding carboxylic acids is 1. The number of hydrogen-bond acceptors (Lipinski definition) is 3. The third-order valence-electron chi connectivity index (χ3n) is 1.98. The number of amides is 1. The van der Waals surface area contributed by atoms with Gasteiger partial charge in [0.05, 0.1) is 25.6 Å². The first-order chi connectivity index (χ1) is 6.59. The van der Waals surface area contributed by atoms with Crippen LogP contribution in [0.2, 0.25) is 0 Å². The van der Waals surface area contributed by atoms with E-state index in [1.165, 1.54) is 0 Å². The maximum Gasteiger partial charge on any atom is 0.226 e. The van der Waals surface area contributed by atoms with Crippen LogP contribution < -0.4 is 0 Å². The number of β-amino-alcohol motifs (C(OH)–C–C–N with tert-alkyl or cyclic N) is 1. The summed E-state index contributed by atoms with van der Waals surface area (Å²) in [5, 5.41) is 9.20. The van der Waals surface area contributed by atoms with Crippen molar-refractivity contribution in [3.8, 4) is 11.8 Å². The van der Waals surface area contributed by atoms with Crippen molar-refractivity contribution in [2.75, 3.05) is 33.7 Å². The fourth-order valence-electron chi connectivity index (χ4n) is 1.27. The molecule has 1 aliphatic heterocycles. The normalized spacial score (nSPS) is 21.3. The summed E-state index contributed by atoms with van der Waals surface area (Å²) < 4.78 is 0. The Morgan fingerprint density at radius 2 is 2.29 bits per heavy atom. The van der Waals surface area contributed by atoms with Gasteiger partial charge in [-0.15, -0.1) is 0 Å². The average Bonchev–Trinajstić information content (AvgIpc) is 2.39. The number of rotatable bonds is 2. The summed E-state index contributed by atoms with van der Waals surface area (Å²) in [6, 6.07) is 0. The molecule has 0 aromatic heterocycles. The van der Waals surface area contributed by atoms with Crippen LogP contribution in [0.3, 0.4) is 0 Å². The van der Waals surface area contributed by atoms with E-state index in [1.54, 1.807) is 4.90 Å². The van der Waals surface area contributed by atoms with Gasteiger partial charge in [-0.05, 0) is 14.1 Å². The molecule has 78 valence electrons. The molecule has 0 aromatic rings. The van der Waals surface area contributed by atoms with E-state index in [0.717, 1.165) is 0 Å². The molecule has 0 bridgehead atoms. The van der Waals surface area contributed by atoms with E-state index in [9.17, 15) is 9.90 Å². The van der Waals surface area contributed by atoms with Gasteiger partial charge in [0.25, 0.3) is 0 Å². The zero-order chi connectivity index (χ0) is 10.6. The third kappa shape index (κ3) is 3.36. The van der Waals surface area contributed by atoms with Gasteiger partial charge in [-0.3, -0.25) is 9.69 Å². The van der Waals surface area contributed by atoms with Crippen molar-refractivity contribution in [1.29, 1.82) is 0 Å². The van der Waals surface area contributed by atoms with Crippen LogP contribution in [0.15, 0.2) is 0 Å². The second kappa shape index (κ2) is 4.99. The monoisotopic (exact) mass is 196 g/mol. The van der Waals surface area contributed by atoms with E-state index in [0.29, 0.717) is 19.6 Å². The van der Waals surface area contributed by atoms with E-state index < -0.39 is 6.10 Å². The molecule has 1 saturated heterocycles. The average molecular weight is 196 g/mol. The summed E-state index contributed by atoms with van der Waals surface area (Å²) in [4.78, 5) is 14.8. The Bertz CT molecular complexity index is 265. The van der Waals surface area contributed by atoms with Gasteiger partial charge >= 0.3 is 0 Å². The highest BCUT2D eigenvalue weighted by Gasteiger charge is 2.26. The van der Waals surface area contributed by atoms with Gasteiger partial charge in [0, 0.05) is 6.54 Å². The molecule has 0 saturated carbocycles. The molecule has 0 aromatic carbocycles. The molecular weight excluding hydrogens is 180 g/mol. The minimum absolute atomic E-state index is 0.00310. The van der Waals surface area contributed by atoms with E-state index in [2.05, 4.69) is 11.8 Å². The predicted molar refractivity (Wildman–Crippen MR) is 53.5 cm³/mol. The van der Waals surface area contributed by atoms with Crippen molar-refractivity contribution < 1.29 is 9.90 Å². The molecular formula is C10H16N2O2. The van der Waals surface area contributed by atoms with Crippen LogP contribution in [0, 0.1) is 11.8 Å². The summed E-state index contributed by atoms with van der Waals surface area (Å²) in [6.07, 6.45) is -0.256. The molecule has 1 rings (SSSR count). The first kappa shape index (κ1) is 11.0. The van der Waals surface area contributed by atoms with Crippen molar-refractivity contribution >= 4 is 5.91 Å². The Morgan fingerprint density at radius 1 is 1.57 bits per heavy atom. The fraction of sp³-hybridized carbons (Fsp3) is 0.700. The zero-order valence-electron chi connectivity index (χ0n) is 8.66. The van der Waals surface area contributed by atoms with Crippen molar-refractivity contribution in [3.05, 3.63) is 0 Å². The maximum absolute atomic E-state index is 11.2. The maximum atomic E-state index is 11.2. The van der Waals surface area contributed by atoms with Gasteiger partial charge in [0.1, 0.15) is 0 Å². The van der Waals surface area contributed by atoms with Crippen molar-refractivity contribution in [2.45, 2.75) is 12.5 Å². The Labute approximate surface area is 84.5 Å². The second-order valence-electron chi connectivity index (χ2n) is 3.72. The Hall–Kier alpha value is -1.05. The molecule has 0 aliphatic carbocycles. The summed E-state index contributed by atoms with van der Waals surface area (Å²) in [6.45, 7) is 1.56. The zero-order valence-corrected chi connectivity index (χ0v) is 8.66. The van der Waals surface area contributed by atoms with E-state index in [4.69, 9.17) is 0 Å². The molecule has 0 spiro atoms. The van der Waals surface area contributed by atoms with Gasteiger partial charge in [-0.2, -0.15) is 0 Å². The van der Waals surface area contributed by atoms with Gasteiger partial charge in [-0.25, -0.2) is 0 Å². The van der Waals surface area contributed by atoms with Crippen LogP contribution in [0.4, 0.5) is 0 Å². The molecule has 1 N–H and O–H groups in total. The summed E-state index contributed by atoms with van der Waals surface area (Å²) in [5.41, 5.74) is 0. The number of nitrogens with zero attached hydrogens (tertiary/aromatic N) is 2. The van der Waals surface area contributed by atoms with Gasteiger partial charge in [0.15, 0.2) is 0 Å². The highest BCUT2D eigenvalue weighted by Crippen LogP contribution is 2.09. The second-order valence-corrected chi connectivity index (χ2v) is 3.72. The summed E-state index contributed by atoms with van der Waals surface area (Å²) >= 11 is 0. The number of hydrogen-bond donors (Lipinski definition) is 1. The van der Waals surface area contributed by atoms with Crippen LogP contribution in [0.5, 0.6) is 0 Å². The van der Waals surface area contributed by atoms with E-state index in [1.807, 2.05) is 19.0 Å². The topological polar surface area (TPSA) is 43.8 Å². The number of aliphatic hydroxyl groups excluding tert-OH is 1. The van der Waals surface area contributed by atoms with Gasteiger partial charge in [0.2, 0.25) is 5.91 Å². The molecule has 1 amide bonds. The largest absolute Gasteiger partial charge is 0.391 e. The van der Waals surface area contributed by atoms with E-state index in [-0.39, 0.29) is 12.3 Å². The van der Waals surface area contributed by atoms with Crippen LogP contribution in [0.1, 0.15) is 6.42 Å². The first-order valence-corrected chi connectivity index (χ1v) is 4.66. The Kier molecular flexibility index (Phi) is 3.93. The SMILES string of the molecule is CN(C)CC#CCN1CC(O)CC1=O. The first-order valence-electron chi connectivity index (χ1n) is 4.66. The molecule has 14 heavy (non-hydrogen) atoms. The minimum atomic E-state index is -0.502. The van der Waals surface area contributed by atoms with Crippen LogP contribution >= 0.6 is 0 Å². The minimum Gasteiger partial charge on any atom is -0.391 e. The van der Waals surface area contributed by atoms with Gasteiger partial charge < -0.3 is 10.0 Å². The Morgan fingerprint density at radius 3 is 2.79 bits per heavy atom.